The van der Waals surface area contributed by atoms with Crippen molar-refractivity contribution < 1.29 is 19.1 Å². The van der Waals surface area contributed by atoms with Gasteiger partial charge in [-0.1, -0.05) is 12.1 Å². The molecule has 0 unspecified atom stereocenters. The molecule has 2 aromatic heterocycles. The third-order valence-electron chi connectivity index (χ3n) is 5.52. The second-order valence-electron chi connectivity index (χ2n) is 7.29. The number of thiazole rings is 1. The predicted octanol–water partition coefficient (Wildman–Crippen LogP) is 2.22. The SMILES string of the molecule is COC(=O)[C@@H]1CN(C(=O)c2cnc3sc4c(n3c2=O)CCCC4)c2ccccc2O1. The van der Waals surface area contributed by atoms with Gasteiger partial charge in [-0.3, -0.25) is 14.0 Å². The van der Waals surface area contributed by atoms with Crippen LogP contribution in [0.1, 0.15) is 33.8 Å². The summed E-state index contributed by atoms with van der Waals surface area (Å²) in [7, 11) is 1.27. The maximum Gasteiger partial charge on any atom is 0.348 e. The fourth-order valence-corrected chi connectivity index (χ4v) is 5.21. The highest BCUT2D eigenvalue weighted by Crippen LogP contribution is 2.34. The predicted molar refractivity (Wildman–Crippen MR) is 111 cm³/mol. The number of anilines is 1. The number of esters is 1. The summed E-state index contributed by atoms with van der Waals surface area (Å²) < 4.78 is 12.1. The topological polar surface area (TPSA) is 90.2 Å². The first-order chi connectivity index (χ1) is 14.6. The number of nitrogens with zero attached hydrogens (tertiary/aromatic N) is 3. The molecule has 0 fully saturated rings. The number of para-hydroxylation sites is 2. The number of aryl methyl sites for hydroxylation is 2. The second-order valence-corrected chi connectivity index (χ2v) is 8.35. The van der Waals surface area contributed by atoms with Gasteiger partial charge in [0.05, 0.1) is 19.3 Å². The molecule has 0 N–H and O–H groups in total. The van der Waals surface area contributed by atoms with Crippen LogP contribution in [0.3, 0.4) is 0 Å². The van der Waals surface area contributed by atoms with Crippen molar-refractivity contribution in [1.29, 1.82) is 0 Å². The van der Waals surface area contributed by atoms with E-state index in [0.29, 0.717) is 16.4 Å². The zero-order chi connectivity index (χ0) is 20.8. The lowest BCUT2D eigenvalue weighted by Gasteiger charge is -2.33. The first kappa shape index (κ1) is 18.8. The molecule has 1 aliphatic carbocycles. The smallest absolute Gasteiger partial charge is 0.348 e. The Morgan fingerprint density at radius 1 is 1.23 bits per heavy atom. The average Bonchev–Trinajstić information content (AvgIpc) is 3.17. The Kier molecular flexibility index (Phi) is 4.54. The molecule has 1 amide bonds. The van der Waals surface area contributed by atoms with Crippen LogP contribution in [-0.2, 0) is 22.4 Å². The number of aromatic nitrogens is 2. The minimum Gasteiger partial charge on any atom is -0.475 e. The molecule has 3 aromatic rings. The standard InChI is InChI=1S/C21H19N3O5S/c1-28-20(27)16-11-23(13-6-2-4-8-15(13)29-16)18(25)12-10-22-21-24(19(12)26)14-7-3-5-9-17(14)30-21/h2,4,6,8,10,16H,3,5,7,9,11H2,1H3/t16-/m0/s1. The summed E-state index contributed by atoms with van der Waals surface area (Å²) in [6, 6.07) is 6.91. The van der Waals surface area contributed by atoms with Crippen molar-refractivity contribution in [1.82, 2.24) is 9.38 Å². The van der Waals surface area contributed by atoms with E-state index in [9.17, 15) is 14.4 Å². The molecule has 0 saturated heterocycles. The van der Waals surface area contributed by atoms with E-state index in [-0.39, 0.29) is 17.7 Å². The minimum absolute atomic E-state index is 0.0287. The Morgan fingerprint density at radius 2 is 2.03 bits per heavy atom. The van der Waals surface area contributed by atoms with Gasteiger partial charge in [0.25, 0.3) is 11.5 Å². The zero-order valence-electron chi connectivity index (χ0n) is 16.3. The third kappa shape index (κ3) is 2.88. The van der Waals surface area contributed by atoms with Crippen LogP contribution >= 0.6 is 11.3 Å². The van der Waals surface area contributed by atoms with Crippen LogP contribution in [0.4, 0.5) is 5.69 Å². The number of benzene rings is 1. The highest BCUT2D eigenvalue weighted by atomic mass is 32.1. The second kappa shape index (κ2) is 7.24. The summed E-state index contributed by atoms with van der Waals surface area (Å²) in [6.07, 6.45) is 4.22. The average molecular weight is 425 g/mol. The zero-order valence-corrected chi connectivity index (χ0v) is 17.1. The lowest BCUT2D eigenvalue weighted by molar-refractivity contribution is -0.148. The van der Waals surface area contributed by atoms with E-state index in [2.05, 4.69) is 4.98 Å². The molecule has 9 heteroatoms. The van der Waals surface area contributed by atoms with Crippen molar-refractivity contribution in [2.75, 3.05) is 18.6 Å². The van der Waals surface area contributed by atoms with Crippen LogP contribution in [0.15, 0.2) is 35.3 Å². The molecular formula is C21H19N3O5S. The van der Waals surface area contributed by atoms with E-state index in [1.54, 1.807) is 28.7 Å². The molecule has 30 heavy (non-hydrogen) atoms. The van der Waals surface area contributed by atoms with Crippen LogP contribution < -0.4 is 15.2 Å². The fraction of sp³-hybridized carbons (Fsp3) is 0.333. The van der Waals surface area contributed by atoms with Gasteiger partial charge < -0.3 is 14.4 Å². The Labute approximate surface area is 175 Å². The maximum atomic E-state index is 13.4. The molecule has 8 nitrogen and oxygen atoms in total. The van der Waals surface area contributed by atoms with Crippen molar-refractivity contribution in [2.24, 2.45) is 0 Å². The number of fused-ring (bicyclic) bond motifs is 4. The van der Waals surface area contributed by atoms with Gasteiger partial charge in [-0.05, 0) is 37.8 Å². The van der Waals surface area contributed by atoms with E-state index >= 15 is 0 Å². The van der Waals surface area contributed by atoms with Gasteiger partial charge in [0, 0.05) is 16.8 Å². The Morgan fingerprint density at radius 3 is 2.87 bits per heavy atom. The molecule has 1 aliphatic heterocycles. The summed E-state index contributed by atoms with van der Waals surface area (Å²) in [6.45, 7) is -0.0492. The van der Waals surface area contributed by atoms with Gasteiger partial charge in [0.2, 0.25) is 6.10 Å². The van der Waals surface area contributed by atoms with Gasteiger partial charge in [0.1, 0.15) is 11.3 Å². The number of carbonyl (C=O) groups is 2. The van der Waals surface area contributed by atoms with Crippen molar-refractivity contribution in [3.63, 3.8) is 0 Å². The first-order valence-electron chi connectivity index (χ1n) is 9.76. The summed E-state index contributed by atoms with van der Waals surface area (Å²) in [4.78, 5) is 46.4. The number of rotatable bonds is 2. The van der Waals surface area contributed by atoms with E-state index in [0.717, 1.165) is 36.3 Å². The van der Waals surface area contributed by atoms with Gasteiger partial charge >= 0.3 is 5.97 Å². The molecule has 3 heterocycles. The minimum atomic E-state index is -0.970. The van der Waals surface area contributed by atoms with Gasteiger partial charge in [0.15, 0.2) is 4.96 Å². The van der Waals surface area contributed by atoms with Gasteiger partial charge in [-0.15, -0.1) is 11.3 Å². The molecule has 0 spiro atoms. The number of hydrogen-bond donors (Lipinski definition) is 0. The van der Waals surface area contributed by atoms with Crippen molar-refractivity contribution in [3.8, 4) is 5.75 Å². The highest BCUT2D eigenvalue weighted by Gasteiger charge is 2.36. The molecule has 0 saturated carbocycles. The lowest BCUT2D eigenvalue weighted by Crippen LogP contribution is -2.48. The van der Waals surface area contributed by atoms with Crippen molar-refractivity contribution in [2.45, 2.75) is 31.8 Å². The molecule has 0 bridgehead atoms. The van der Waals surface area contributed by atoms with Crippen LogP contribution in [-0.4, -0.2) is 41.0 Å². The van der Waals surface area contributed by atoms with Crippen molar-refractivity contribution >= 4 is 33.9 Å². The van der Waals surface area contributed by atoms with E-state index in [4.69, 9.17) is 9.47 Å². The molecular weight excluding hydrogens is 406 g/mol. The molecule has 5 rings (SSSR count). The molecule has 2 aliphatic rings. The summed E-state index contributed by atoms with van der Waals surface area (Å²) in [5, 5.41) is 0. The Balaban J connectivity index is 1.60. The number of hydrogen-bond acceptors (Lipinski definition) is 7. The van der Waals surface area contributed by atoms with Crippen LogP contribution in [0.25, 0.3) is 4.96 Å². The van der Waals surface area contributed by atoms with Crippen molar-refractivity contribution in [3.05, 3.63) is 57.0 Å². The normalized spacial score (nSPS) is 17.8. The summed E-state index contributed by atoms with van der Waals surface area (Å²) in [5.41, 5.74) is 1.06. The molecule has 0 radical (unpaired) electrons. The Hall–Kier alpha value is -3.20. The largest absolute Gasteiger partial charge is 0.475 e. The van der Waals surface area contributed by atoms with Gasteiger partial charge in [-0.2, -0.15) is 0 Å². The highest BCUT2D eigenvalue weighted by molar-refractivity contribution is 7.17. The van der Waals surface area contributed by atoms with Crippen LogP contribution in [0.5, 0.6) is 5.75 Å². The fourth-order valence-electron chi connectivity index (χ4n) is 4.04. The Bertz CT molecular complexity index is 1230. The number of ether oxygens (including phenoxy) is 2. The molecule has 1 atom stereocenters. The van der Waals surface area contributed by atoms with E-state index < -0.39 is 18.0 Å². The number of amides is 1. The molecule has 1 aromatic carbocycles. The quantitative estimate of drug-likeness (QED) is 0.585. The maximum absolute atomic E-state index is 13.4. The summed E-state index contributed by atoms with van der Waals surface area (Å²) in [5.74, 6) is -0.712. The number of methoxy groups -OCH3 is 1. The van der Waals surface area contributed by atoms with Gasteiger partial charge in [-0.25, -0.2) is 9.78 Å². The number of carbonyl (C=O) groups excluding carboxylic acids is 2. The van der Waals surface area contributed by atoms with Crippen LogP contribution in [0.2, 0.25) is 0 Å². The first-order valence-corrected chi connectivity index (χ1v) is 10.6. The van der Waals surface area contributed by atoms with Crippen LogP contribution in [0, 0.1) is 0 Å². The van der Waals surface area contributed by atoms with E-state index in [1.807, 2.05) is 0 Å². The lowest BCUT2D eigenvalue weighted by atomic mass is 10.0. The monoisotopic (exact) mass is 425 g/mol. The summed E-state index contributed by atoms with van der Waals surface area (Å²) >= 11 is 1.51. The third-order valence-corrected chi connectivity index (χ3v) is 6.67. The molecule has 154 valence electrons. The van der Waals surface area contributed by atoms with E-state index in [1.165, 1.54) is 29.5 Å².